The number of nitrogens with one attached hydrogen (secondary N) is 1. The molecule has 3 aromatic rings. The van der Waals surface area contributed by atoms with Gasteiger partial charge >= 0.3 is 0 Å². The Hall–Kier alpha value is -3.10. The van der Waals surface area contributed by atoms with Gasteiger partial charge in [-0.15, -0.1) is 0 Å². The third kappa shape index (κ3) is 5.29. The van der Waals surface area contributed by atoms with Gasteiger partial charge in [0.1, 0.15) is 11.5 Å². The maximum Gasteiger partial charge on any atom is 0.259 e. The number of benzene rings is 3. The first-order valence-corrected chi connectivity index (χ1v) is 12.3. The van der Waals surface area contributed by atoms with Crippen LogP contribution in [0.5, 0.6) is 11.5 Å². The summed E-state index contributed by atoms with van der Waals surface area (Å²) in [6, 6.07) is 15.7. The summed E-state index contributed by atoms with van der Waals surface area (Å²) < 4.78 is 38.7. The Morgan fingerprint density at radius 2 is 1.61 bits per heavy atom. The number of rotatable bonds is 9. The number of carbonyl (C=O) groups is 1. The molecule has 0 spiro atoms. The minimum atomic E-state index is -3.71. The molecule has 7 nitrogen and oxygen atoms in total. The number of carbonyl (C=O) groups excluding carboxylic acids is 1. The molecule has 0 aliphatic carbocycles. The molecule has 0 saturated carbocycles. The highest BCUT2D eigenvalue weighted by Crippen LogP contribution is 2.32. The van der Waals surface area contributed by atoms with Gasteiger partial charge in [-0.3, -0.25) is 4.79 Å². The highest BCUT2D eigenvalue weighted by Gasteiger charge is 2.24. The van der Waals surface area contributed by atoms with E-state index in [1.807, 2.05) is 38.1 Å². The molecule has 176 valence electrons. The lowest BCUT2D eigenvalue weighted by molar-refractivity contribution is 0.102. The molecule has 0 aliphatic rings. The van der Waals surface area contributed by atoms with Crippen LogP contribution in [0.15, 0.2) is 59.5 Å². The summed E-state index contributed by atoms with van der Waals surface area (Å²) in [7, 11) is -2.20. The molecule has 0 aromatic heterocycles. The summed E-state index contributed by atoms with van der Waals surface area (Å²) in [5.74, 6) is 0.379. The summed E-state index contributed by atoms with van der Waals surface area (Å²) in [5, 5.41) is 4.67. The predicted molar refractivity (Wildman–Crippen MR) is 131 cm³/mol. The molecule has 0 atom stereocenters. The van der Waals surface area contributed by atoms with Crippen LogP contribution in [0, 0.1) is 0 Å². The number of fused-ring (bicyclic) bond motifs is 1. The van der Waals surface area contributed by atoms with Gasteiger partial charge in [-0.25, -0.2) is 8.42 Å². The molecule has 0 aliphatic heterocycles. The molecule has 8 heteroatoms. The minimum Gasteiger partial charge on any atom is -0.496 e. The van der Waals surface area contributed by atoms with Crippen LogP contribution in [0.3, 0.4) is 0 Å². The largest absolute Gasteiger partial charge is 0.496 e. The fourth-order valence-electron chi connectivity index (χ4n) is 3.59. The van der Waals surface area contributed by atoms with Crippen molar-refractivity contribution < 1.29 is 22.7 Å². The molecule has 0 unspecified atom stereocenters. The number of sulfonamides is 1. The van der Waals surface area contributed by atoms with Gasteiger partial charge in [0.25, 0.3) is 5.91 Å². The molecule has 1 amide bonds. The van der Waals surface area contributed by atoms with Gasteiger partial charge in [0.15, 0.2) is 0 Å². The average molecular weight is 471 g/mol. The van der Waals surface area contributed by atoms with E-state index < -0.39 is 15.9 Å². The highest BCUT2D eigenvalue weighted by atomic mass is 32.2. The Morgan fingerprint density at radius 3 is 2.18 bits per heavy atom. The first-order valence-electron chi connectivity index (χ1n) is 10.9. The van der Waals surface area contributed by atoms with Crippen LogP contribution in [0.4, 0.5) is 5.69 Å². The van der Waals surface area contributed by atoms with Gasteiger partial charge in [-0.05, 0) is 55.0 Å². The monoisotopic (exact) mass is 470 g/mol. The number of ether oxygens (including phenoxy) is 2. The number of hydrogen-bond donors (Lipinski definition) is 1. The maximum atomic E-state index is 13.3. The standard InChI is InChI=1S/C25H30N2O5S/c1-6-27(7-2)33(29,30)20-12-13-23(32-17(3)4)22(16-20)26-25(28)21-14-18-10-8-9-11-19(18)15-24(21)31-5/h8-17H,6-7H2,1-5H3,(H,26,28). The Balaban J connectivity index is 2.05. The van der Waals surface area contributed by atoms with Gasteiger partial charge in [0, 0.05) is 13.1 Å². The van der Waals surface area contributed by atoms with E-state index in [0.29, 0.717) is 30.2 Å². The zero-order valence-corrected chi connectivity index (χ0v) is 20.4. The summed E-state index contributed by atoms with van der Waals surface area (Å²) >= 11 is 0. The molecule has 33 heavy (non-hydrogen) atoms. The predicted octanol–water partition coefficient (Wildman–Crippen LogP) is 4.92. The lowest BCUT2D eigenvalue weighted by Gasteiger charge is -2.21. The van der Waals surface area contributed by atoms with E-state index in [1.165, 1.54) is 23.5 Å². The Bertz CT molecular complexity index is 1250. The van der Waals surface area contributed by atoms with Crippen LogP contribution >= 0.6 is 0 Å². The van der Waals surface area contributed by atoms with E-state index in [9.17, 15) is 13.2 Å². The third-order valence-electron chi connectivity index (χ3n) is 5.22. The van der Waals surface area contributed by atoms with Crippen molar-refractivity contribution in [2.24, 2.45) is 0 Å². The molecular formula is C25H30N2O5S. The molecule has 0 radical (unpaired) electrons. The Labute approximate surface area is 195 Å². The van der Waals surface area contributed by atoms with Crippen LogP contribution in [-0.4, -0.2) is 44.9 Å². The Morgan fingerprint density at radius 1 is 0.970 bits per heavy atom. The van der Waals surface area contributed by atoms with Crippen LogP contribution in [0.1, 0.15) is 38.1 Å². The van der Waals surface area contributed by atoms with Crippen molar-refractivity contribution in [3.63, 3.8) is 0 Å². The van der Waals surface area contributed by atoms with E-state index in [0.717, 1.165) is 10.8 Å². The summed E-state index contributed by atoms with van der Waals surface area (Å²) in [5.41, 5.74) is 0.612. The van der Waals surface area contributed by atoms with Crippen molar-refractivity contribution in [2.45, 2.75) is 38.7 Å². The van der Waals surface area contributed by atoms with Gasteiger partial charge in [0.05, 0.1) is 29.4 Å². The Kier molecular flexibility index (Phi) is 7.61. The second kappa shape index (κ2) is 10.2. The van der Waals surface area contributed by atoms with Gasteiger partial charge in [-0.1, -0.05) is 38.1 Å². The lowest BCUT2D eigenvalue weighted by Crippen LogP contribution is -2.30. The van der Waals surface area contributed by atoms with Crippen molar-refractivity contribution in [1.29, 1.82) is 0 Å². The van der Waals surface area contributed by atoms with Crippen LogP contribution in [-0.2, 0) is 10.0 Å². The first-order chi connectivity index (χ1) is 15.7. The van der Waals surface area contributed by atoms with E-state index in [2.05, 4.69) is 5.32 Å². The summed E-state index contributed by atoms with van der Waals surface area (Å²) in [4.78, 5) is 13.4. The number of anilines is 1. The van der Waals surface area contributed by atoms with E-state index >= 15 is 0 Å². The molecule has 3 rings (SSSR count). The molecule has 0 heterocycles. The lowest BCUT2D eigenvalue weighted by atomic mass is 10.1. The quantitative estimate of drug-likeness (QED) is 0.480. The third-order valence-corrected chi connectivity index (χ3v) is 7.26. The van der Waals surface area contributed by atoms with Gasteiger partial charge in [0.2, 0.25) is 10.0 Å². The number of methoxy groups -OCH3 is 1. The van der Waals surface area contributed by atoms with Gasteiger partial charge < -0.3 is 14.8 Å². The van der Waals surface area contributed by atoms with Crippen molar-refractivity contribution in [2.75, 3.05) is 25.5 Å². The topological polar surface area (TPSA) is 84.9 Å². The molecule has 3 aromatic carbocycles. The van der Waals surface area contributed by atoms with Crippen LogP contribution in [0.2, 0.25) is 0 Å². The highest BCUT2D eigenvalue weighted by molar-refractivity contribution is 7.89. The summed E-state index contributed by atoms with van der Waals surface area (Å²) in [6.07, 6.45) is -0.166. The first kappa shape index (κ1) is 24.5. The zero-order valence-electron chi connectivity index (χ0n) is 19.6. The molecular weight excluding hydrogens is 440 g/mol. The fraction of sp³-hybridized carbons (Fsp3) is 0.320. The molecule has 1 N–H and O–H groups in total. The van der Waals surface area contributed by atoms with Crippen LogP contribution in [0.25, 0.3) is 10.8 Å². The smallest absolute Gasteiger partial charge is 0.259 e. The second-order valence-electron chi connectivity index (χ2n) is 7.77. The maximum absolute atomic E-state index is 13.3. The number of amides is 1. The SMILES string of the molecule is CCN(CC)S(=O)(=O)c1ccc(OC(C)C)c(NC(=O)c2cc3ccccc3cc2OC)c1. The molecule has 0 bridgehead atoms. The molecule has 0 saturated heterocycles. The fourth-order valence-corrected chi connectivity index (χ4v) is 5.08. The van der Waals surface area contributed by atoms with E-state index in [1.54, 1.807) is 32.0 Å². The number of hydrogen-bond acceptors (Lipinski definition) is 5. The second-order valence-corrected chi connectivity index (χ2v) is 9.71. The zero-order chi connectivity index (χ0) is 24.2. The number of nitrogens with zero attached hydrogens (tertiary/aromatic N) is 1. The van der Waals surface area contributed by atoms with E-state index in [4.69, 9.17) is 9.47 Å². The van der Waals surface area contributed by atoms with Crippen molar-refractivity contribution in [3.05, 3.63) is 60.2 Å². The van der Waals surface area contributed by atoms with Crippen molar-refractivity contribution >= 4 is 32.4 Å². The van der Waals surface area contributed by atoms with Gasteiger partial charge in [-0.2, -0.15) is 4.31 Å². The average Bonchev–Trinajstić information content (AvgIpc) is 2.79. The minimum absolute atomic E-state index is 0.0862. The normalized spacial score (nSPS) is 11.7. The van der Waals surface area contributed by atoms with Crippen molar-refractivity contribution in [1.82, 2.24) is 4.31 Å². The van der Waals surface area contributed by atoms with Crippen molar-refractivity contribution in [3.8, 4) is 11.5 Å². The van der Waals surface area contributed by atoms with E-state index in [-0.39, 0.29) is 16.7 Å². The van der Waals surface area contributed by atoms with Crippen LogP contribution < -0.4 is 14.8 Å². The molecule has 0 fully saturated rings. The summed E-state index contributed by atoms with van der Waals surface area (Å²) in [6.45, 7) is 7.98.